The van der Waals surface area contributed by atoms with Crippen LogP contribution in [-0.2, 0) is 0 Å². The van der Waals surface area contributed by atoms with E-state index in [0.717, 1.165) is 25.4 Å². The molecule has 18 heavy (non-hydrogen) atoms. The maximum atomic E-state index is 5.89. The van der Waals surface area contributed by atoms with Gasteiger partial charge >= 0.3 is 0 Å². The van der Waals surface area contributed by atoms with Crippen LogP contribution in [0.5, 0.6) is 0 Å². The van der Waals surface area contributed by atoms with E-state index in [-0.39, 0.29) is 5.41 Å². The van der Waals surface area contributed by atoms with Gasteiger partial charge in [0.2, 0.25) is 0 Å². The van der Waals surface area contributed by atoms with Gasteiger partial charge in [0, 0.05) is 13.1 Å². The molecule has 1 saturated carbocycles. The van der Waals surface area contributed by atoms with Crippen LogP contribution in [-0.4, -0.2) is 19.6 Å². The van der Waals surface area contributed by atoms with Gasteiger partial charge in [0.15, 0.2) is 0 Å². The van der Waals surface area contributed by atoms with Gasteiger partial charge in [-0.3, -0.25) is 0 Å². The summed E-state index contributed by atoms with van der Waals surface area (Å²) in [6, 6.07) is 0. The van der Waals surface area contributed by atoms with Crippen molar-refractivity contribution in [3.05, 3.63) is 0 Å². The molecule has 1 fully saturated rings. The molecule has 1 unspecified atom stereocenters. The Labute approximate surface area is 114 Å². The van der Waals surface area contributed by atoms with E-state index in [1.807, 2.05) is 0 Å². The summed E-state index contributed by atoms with van der Waals surface area (Å²) in [5.74, 6) is 0.817. The Kier molecular flexibility index (Phi) is 6.13. The first-order chi connectivity index (χ1) is 8.45. The van der Waals surface area contributed by atoms with Crippen LogP contribution in [0.4, 0.5) is 0 Å². The molecule has 0 heterocycles. The maximum absolute atomic E-state index is 5.89. The molecule has 108 valence electrons. The molecule has 1 aliphatic carbocycles. The van der Waals surface area contributed by atoms with E-state index >= 15 is 0 Å². The summed E-state index contributed by atoms with van der Waals surface area (Å²) in [6.45, 7) is 12.3. The van der Waals surface area contributed by atoms with E-state index in [2.05, 4.69) is 33.0 Å². The summed E-state index contributed by atoms with van der Waals surface area (Å²) in [4.78, 5) is 0. The molecule has 3 N–H and O–H groups in total. The van der Waals surface area contributed by atoms with Crippen LogP contribution < -0.4 is 11.1 Å². The van der Waals surface area contributed by atoms with Gasteiger partial charge in [0.05, 0.1) is 0 Å². The van der Waals surface area contributed by atoms with Crippen molar-refractivity contribution in [1.82, 2.24) is 5.32 Å². The number of hydrogen-bond donors (Lipinski definition) is 2. The van der Waals surface area contributed by atoms with E-state index < -0.39 is 0 Å². The highest BCUT2D eigenvalue weighted by molar-refractivity contribution is 4.88. The SMILES string of the molecule is CCC(C)(CN)CNCC1(CC(C)C)CCCC1. The first-order valence-corrected chi connectivity index (χ1v) is 7.86. The minimum absolute atomic E-state index is 0.275. The minimum Gasteiger partial charge on any atom is -0.330 e. The van der Waals surface area contributed by atoms with E-state index in [9.17, 15) is 0 Å². The largest absolute Gasteiger partial charge is 0.330 e. The Hall–Kier alpha value is -0.0800. The predicted molar refractivity (Wildman–Crippen MR) is 80.7 cm³/mol. The lowest BCUT2D eigenvalue weighted by atomic mass is 9.78. The second-order valence-corrected chi connectivity index (χ2v) is 7.28. The first kappa shape index (κ1) is 16.0. The average molecular weight is 254 g/mol. The van der Waals surface area contributed by atoms with Crippen molar-refractivity contribution in [1.29, 1.82) is 0 Å². The molecule has 0 saturated heterocycles. The topological polar surface area (TPSA) is 38.0 Å². The predicted octanol–water partition coefficient (Wildman–Crippen LogP) is 3.56. The molecule has 0 bridgehead atoms. The van der Waals surface area contributed by atoms with Crippen molar-refractivity contribution >= 4 is 0 Å². The van der Waals surface area contributed by atoms with Gasteiger partial charge in [0.25, 0.3) is 0 Å². The van der Waals surface area contributed by atoms with Crippen LogP contribution in [0.3, 0.4) is 0 Å². The molecule has 0 aromatic carbocycles. The quantitative estimate of drug-likeness (QED) is 0.695. The molecular formula is C16H34N2. The Morgan fingerprint density at radius 1 is 1.28 bits per heavy atom. The molecule has 2 nitrogen and oxygen atoms in total. The molecule has 0 aliphatic heterocycles. The number of hydrogen-bond acceptors (Lipinski definition) is 2. The third-order valence-corrected chi connectivity index (χ3v) is 4.90. The minimum atomic E-state index is 0.275. The van der Waals surface area contributed by atoms with Gasteiger partial charge in [-0.1, -0.05) is 40.5 Å². The van der Waals surface area contributed by atoms with E-state index in [0.29, 0.717) is 5.41 Å². The highest BCUT2D eigenvalue weighted by atomic mass is 14.9. The molecule has 1 aliphatic rings. The lowest BCUT2D eigenvalue weighted by Crippen LogP contribution is -2.42. The zero-order chi connectivity index (χ0) is 13.6. The van der Waals surface area contributed by atoms with Crippen molar-refractivity contribution < 1.29 is 0 Å². The Morgan fingerprint density at radius 3 is 2.33 bits per heavy atom. The third kappa shape index (κ3) is 4.55. The van der Waals surface area contributed by atoms with Crippen LogP contribution in [0.15, 0.2) is 0 Å². The van der Waals surface area contributed by atoms with Gasteiger partial charge in [-0.2, -0.15) is 0 Å². The molecule has 0 amide bonds. The van der Waals surface area contributed by atoms with Crippen molar-refractivity contribution in [2.24, 2.45) is 22.5 Å². The summed E-state index contributed by atoms with van der Waals surface area (Å²) in [5, 5.41) is 3.74. The van der Waals surface area contributed by atoms with Crippen molar-refractivity contribution in [2.45, 2.75) is 66.2 Å². The van der Waals surface area contributed by atoms with Crippen molar-refractivity contribution in [2.75, 3.05) is 19.6 Å². The van der Waals surface area contributed by atoms with E-state index in [4.69, 9.17) is 5.73 Å². The van der Waals surface area contributed by atoms with Crippen LogP contribution in [0.25, 0.3) is 0 Å². The zero-order valence-electron chi connectivity index (χ0n) is 13.0. The monoisotopic (exact) mass is 254 g/mol. The van der Waals surface area contributed by atoms with Crippen LogP contribution in [0.2, 0.25) is 0 Å². The summed E-state index contributed by atoms with van der Waals surface area (Å²) in [7, 11) is 0. The summed E-state index contributed by atoms with van der Waals surface area (Å²) in [6.07, 6.45) is 8.24. The molecule has 2 heteroatoms. The van der Waals surface area contributed by atoms with Gasteiger partial charge in [-0.15, -0.1) is 0 Å². The first-order valence-electron chi connectivity index (χ1n) is 7.86. The van der Waals surface area contributed by atoms with Crippen molar-refractivity contribution in [3.63, 3.8) is 0 Å². The second-order valence-electron chi connectivity index (χ2n) is 7.28. The lowest BCUT2D eigenvalue weighted by Gasteiger charge is -2.34. The number of nitrogens with two attached hydrogens (primary N) is 1. The van der Waals surface area contributed by atoms with Crippen LogP contribution in [0.1, 0.15) is 66.2 Å². The normalized spacial score (nSPS) is 22.3. The Morgan fingerprint density at radius 2 is 1.89 bits per heavy atom. The molecule has 1 rings (SSSR count). The van der Waals surface area contributed by atoms with Gasteiger partial charge in [-0.05, 0) is 49.0 Å². The molecule has 0 aromatic heterocycles. The van der Waals surface area contributed by atoms with Gasteiger partial charge in [-0.25, -0.2) is 0 Å². The third-order valence-electron chi connectivity index (χ3n) is 4.90. The fraction of sp³-hybridized carbons (Fsp3) is 1.00. The van der Waals surface area contributed by atoms with Crippen molar-refractivity contribution in [3.8, 4) is 0 Å². The van der Waals surface area contributed by atoms with Gasteiger partial charge in [0.1, 0.15) is 0 Å². The van der Waals surface area contributed by atoms with Gasteiger partial charge < -0.3 is 11.1 Å². The highest BCUT2D eigenvalue weighted by Crippen LogP contribution is 2.42. The second kappa shape index (κ2) is 6.91. The highest BCUT2D eigenvalue weighted by Gasteiger charge is 2.34. The zero-order valence-corrected chi connectivity index (χ0v) is 13.0. The van der Waals surface area contributed by atoms with E-state index in [1.54, 1.807) is 0 Å². The summed E-state index contributed by atoms with van der Waals surface area (Å²) < 4.78 is 0. The standard InChI is InChI=1S/C16H34N2/c1-5-15(4,11-17)12-18-13-16(10-14(2)3)8-6-7-9-16/h14,18H,5-13,17H2,1-4H3. The van der Waals surface area contributed by atoms with E-state index in [1.165, 1.54) is 38.6 Å². The fourth-order valence-electron chi connectivity index (χ4n) is 3.42. The molecular weight excluding hydrogens is 220 g/mol. The van der Waals surface area contributed by atoms with Crippen LogP contribution >= 0.6 is 0 Å². The fourth-order valence-corrected chi connectivity index (χ4v) is 3.42. The lowest BCUT2D eigenvalue weighted by molar-refractivity contribution is 0.205. The number of nitrogens with one attached hydrogen (secondary N) is 1. The smallest absolute Gasteiger partial charge is 0.00174 e. The molecule has 0 aromatic rings. The molecule has 1 atom stereocenters. The summed E-state index contributed by atoms with van der Waals surface area (Å²) in [5.41, 5.74) is 6.74. The molecule has 0 spiro atoms. The summed E-state index contributed by atoms with van der Waals surface area (Å²) >= 11 is 0. The van der Waals surface area contributed by atoms with Crippen LogP contribution in [0, 0.1) is 16.7 Å². The Bertz CT molecular complexity index is 225. The number of rotatable bonds is 8. The average Bonchev–Trinajstić information content (AvgIpc) is 2.76. The maximum Gasteiger partial charge on any atom is 0.00174 e. The molecule has 0 radical (unpaired) electrons. The Balaban J connectivity index is 2.43.